The molecule has 0 aromatic heterocycles. The van der Waals surface area contributed by atoms with Gasteiger partial charge in [0.15, 0.2) is 11.5 Å². The van der Waals surface area contributed by atoms with Gasteiger partial charge in [0.1, 0.15) is 11.6 Å². The van der Waals surface area contributed by atoms with Crippen LogP contribution in [-0.2, 0) is 11.2 Å². The molecule has 17 heavy (non-hydrogen) atoms. The molecule has 5 heteroatoms. The van der Waals surface area contributed by atoms with Gasteiger partial charge in [0.2, 0.25) is 0 Å². The Bertz CT molecular complexity index is 460. The van der Waals surface area contributed by atoms with Crippen LogP contribution in [-0.4, -0.2) is 19.0 Å². The minimum Gasteiger partial charge on any atom is -0.489 e. The van der Waals surface area contributed by atoms with Crippen molar-refractivity contribution in [1.82, 2.24) is 0 Å². The molecule has 0 unspecified atom stereocenters. The molecule has 92 valence electrons. The van der Waals surface area contributed by atoms with Gasteiger partial charge in [0.05, 0.1) is 18.2 Å². The molecule has 0 radical (unpaired) electrons. The highest BCUT2D eigenvalue weighted by atomic mass is 35.5. The quantitative estimate of drug-likeness (QED) is 0.818. The van der Waals surface area contributed by atoms with Crippen LogP contribution >= 0.6 is 11.6 Å². The fourth-order valence-corrected chi connectivity index (χ4v) is 1.94. The first-order chi connectivity index (χ1) is 8.09. The van der Waals surface area contributed by atoms with Crippen LogP contribution in [0.3, 0.4) is 0 Å². The van der Waals surface area contributed by atoms with Gasteiger partial charge in [0.25, 0.3) is 0 Å². The number of hydrogen-bond donors (Lipinski definition) is 0. The van der Waals surface area contributed by atoms with E-state index in [1.807, 2.05) is 0 Å². The second-order valence-electron chi connectivity index (χ2n) is 3.91. The lowest BCUT2D eigenvalue weighted by Gasteiger charge is -2.13. The van der Waals surface area contributed by atoms with E-state index in [0.717, 1.165) is 0 Å². The second-order valence-corrected chi connectivity index (χ2v) is 4.31. The molecule has 0 aliphatic carbocycles. The molecule has 1 aliphatic heterocycles. The molecule has 0 N–H and O–H groups in total. The number of fused-ring (bicyclic) bond motifs is 1. The molecule has 1 aromatic rings. The molecular weight excluding hydrogens is 247 g/mol. The van der Waals surface area contributed by atoms with E-state index < -0.39 is 5.82 Å². The number of carbonyl (C=O) groups is 1. The first-order valence-electron chi connectivity index (χ1n) is 5.35. The van der Waals surface area contributed by atoms with Crippen molar-refractivity contribution in [3.63, 3.8) is 0 Å². The predicted octanol–water partition coefficient (Wildman–Crippen LogP) is 2.77. The van der Waals surface area contributed by atoms with Gasteiger partial charge in [-0.3, -0.25) is 4.79 Å². The summed E-state index contributed by atoms with van der Waals surface area (Å²) in [5, 5.41) is -0.0505. The Balaban J connectivity index is 2.53. The Morgan fingerprint density at radius 1 is 1.47 bits per heavy atom. The first-order valence-corrected chi connectivity index (χ1v) is 5.73. The number of Topliss-reactive ketones (excluding diaryl/α,β-unsaturated/α-hetero) is 1. The van der Waals surface area contributed by atoms with Crippen molar-refractivity contribution >= 4 is 17.4 Å². The summed E-state index contributed by atoms with van der Waals surface area (Å²) in [6, 6.07) is 1.39. The van der Waals surface area contributed by atoms with Crippen LogP contribution in [0.25, 0.3) is 0 Å². The van der Waals surface area contributed by atoms with Gasteiger partial charge >= 0.3 is 0 Å². The van der Waals surface area contributed by atoms with Gasteiger partial charge in [-0.15, -0.1) is 0 Å². The van der Waals surface area contributed by atoms with Crippen molar-refractivity contribution in [1.29, 1.82) is 0 Å². The molecule has 2 rings (SSSR count). The van der Waals surface area contributed by atoms with Crippen LogP contribution in [0, 0.1) is 5.82 Å². The zero-order chi connectivity index (χ0) is 12.4. The molecule has 0 fully saturated rings. The lowest BCUT2D eigenvalue weighted by atomic mass is 10.1. The SMILES string of the molecule is CC(=O)Cc1c(F)c(Cl)cc2c1OCCCO2. The molecular formula is C12H12ClFO3. The fraction of sp³-hybridized carbons (Fsp3) is 0.417. The highest BCUT2D eigenvalue weighted by Gasteiger charge is 2.22. The normalized spacial score (nSPS) is 14.3. The number of benzene rings is 1. The molecule has 0 bridgehead atoms. The smallest absolute Gasteiger partial charge is 0.167 e. The zero-order valence-corrected chi connectivity index (χ0v) is 10.1. The number of ketones is 1. The van der Waals surface area contributed by atoms with Crippen LogP contribution in [0.2, 0.25) is 5.02 Å². The maximum absolute atomic E-state index is 13.9. The Morgan fingerprint density at radius 2 is 2.18 bits per heavy atom. The highest BCUT2D eigenvalue weighted by Crippen LogP contribution is 2.39. The predicted molar refractivity (Wildman–Crippen MR) is 61.4 cm³/mol. The van der Waals surface area contributed by atoms with Crippen LogP contribution in [0.1, 0.15) is 18.9 Å². The summed E-state index contributed by atoms with van der Waals surface area (Å²) in [5.74, 6) is -0.0444. The van der Waals surface area contributed by atoms with Crippen LogP contribution < -0.4 is 9.47 Å². The molecule has 1 aliphatic rings. The van der Waals surface area contributed by atoms with E-state index in [2.05, 4.69) is 0 Å². The van der Waals surface area contributed by atoms with Gasteiger partial charge in [-0.05, 0) is 6.92 Å². The minimum absolute atomic E-state index is 0.0436. The molecule has 0 amide bonds. The van der Waals surface area contributed by atoms with Crippen LogP contribution in [0.5, 0.6) is 11.5 Å². The third-order valence-electron chi connectivity index (χ3n) is 2.45. The largest absolute Gasteiger partial charge is 0.489 e. The number of hydrogen-bond acceptors (Lipinski definition) is 3. The van der Waals surface area contributed by atoms with E-state index in [9.17, 15) is 9.18 Å². The number of carbonyl (C=O) groups excluding carboxylic acids is 1. The number of ether oxygens (including phenoxy) is 2. The summed E-state index contributed by atoms with van der Waals surface area (Å²) < 4.78 is 24.7. The van der Waals surface area contributed by atoms with Gasteiger partial charge < -0.3 is 9.47 Å². The molecule has 1 aromatic carbocycles. The molecule has 0 saturated carbocycles. The van der Waals surface area contributed by atoms with Crippen molar-refractivity contribution in [3.8, 4) is 11.5 Å². The first kappa shape index (κ1) is 12.2. The standard InChI is InChI=1S/C12H12ClFO3/c1-7(15)5-8-11(14)9(13)6-10-12(8)17-4-2-3-16-10/h6H,2-5H2,1H3. The van der Waals surface area contributed by atoms with Crippen molar-refractivity contribution < 1.29 is 18.7 Å². The second kappa shape index (κ2) is 4.92. The lowest BCUT2D eigenvalue weighted by molar-refractivity contribution is -0.116. The van der Waals surface area contributed by atoms with E-state index in [1.54, 1.807) is 0 Å². The van der Waals surface area contributed by atoms with Crippen LogP contribution in [0.15, 0.2) is 6.07 Å². The van der Waals surface area contributed by atoms with E-state index in [0.29, 0.717) is 31.1 Å². The minimum atomic E-state index is -0.605. The van der Waals surface area contributed by atoms with E-state index >= 15 is 0 Å². The Kier molecular flexibility index (Phi) is 3.52. The fourth-order valence-electron chi connectivity index (χ4n) is 1.72. The van der Waals surface area contributed by atoms with E-state index in [4.69, 9.17) is 21.1 Å². The van der Waals surface area contributed by atoms with E-state index in [-0.39, 0.29) is 22.8 Å². The van der Waals surface area contributed by atoms with Gasteiger partial charge in [-0.25, -0.2) is 4.39 Å². The summed E-state index contributed by atoms with van der Waals surface area (Å²) in [6.45, 7) is 2.33. The Morgan fingerprint density at radius 3 is 2.88 bits per heavy atom. The summed E-state index contributed by atoms with van der Waals surface area (Å²) in [7, 11) is 0. The highest BCUT2D eigenvalue weighted by molar-refractivity contribution is 6.31. The van der Waals surface area contributed by atoms with Gasteiger partial charge in [-0.2, -0.15) is 0 Å². The number of rotatable bonds is 2. The van der Waals surface area contributed by atoms with Gasteiger partial charge in [-0.1, -0.05) is 11.6 Å². The molecule has 3 nitrogen and oxygen atoms in total. The van der Waals surface area contributed by atoms with Crippen LogP contribution in [0.4, 0.5) is 4.39 Å². The number of halogens is 2. The topological polar surface area (TPSA) is 35.5 Å². The monoisotopic (exact) mass is 258 g/mol. The maximum atomic E-state index is 13.9. The molecule has 0 spiro atoms. The van der Waals surface area contributed by atoms with Crippen molar-refractivity contribution in [2.45, 2.75) is 19.8 Å². The summed E-state index contributed by atoms with van der Waals surface area (Å²) in [4.78, 5) is 11.1. The Labute approximate surface area is 103 Å². The van der Waals surface area contributed by atoms with Crippen molar-refractivity contribution in [2.24, 2.45) is 0 Å². The van der Waals surface area contributed by atoms with E-state index in [1.165, 1.54) is 13.0 Å². The van der Waals surface area contributed by atoms with Crippen molar-refractivity contribution in [2.75, 3.05) is 13.2 Å². The summed E-state index contributed by atoms with van der Waals surface area (Å²) >= 11 is 5.77. The average Bonchev–Trinajstić information content (AvgIpc) is 2.49. The van der Waals surface area contributed by atoms with Crippen molar-refractivity contribution in [3.05, 3.63) is 22.5 Å². The molecule has 0 saturated heterocycles. The third-order valence-corrected chi connectivity index (χ3v) is 2.72. The maximum Gasteiger partial charge on any atom is 0.167 e. The lowest BCUT2D eigenvalue weighted by Crippen LogP contribution is -2.05. The summed E-state index contributed by atoms with van der Waals surface area (Å²) in [6.07, 6.45) is 0.672. The average molecular weight is 259 g/mol. The Hall–Kier alpha value is -1.29. The van der Waals surface area contributed by atoms with Gasteiger partial charge in [0, 0.05) is 24.5 Å². The summed E-state index contributed by atoms with van der Waals surface area (Å²) in [5.41, 5.74) is 0.182. The zero-order valence-electron chi connectivity index (χ0n) is 9.39. The third kappa shape index (κ3) is 2.52. The molecule has 0 atom stereocenters. The molecule has 1 heterocycles.